The van der Waals surface area contributed by atoms with E-state index < -0.39 is 0 Å². The average Bonchev–Trinajstić information content (AvgIpc) is 2.81. The Bertz CT molecular complexity index is 425. The molecule has 0 aliphatic heterocycles. The van der Waals surface area contributed by atoms with Gasteiger partial charge in [0.2, 0.25) is 0 Å². The van der Waals surface area contributed by atoms with Gasteiger partial charge in [-0.25, -0.2) is 0 Å². The number of halogens is 1. The van der Waals surface area contributed by atoms with Crippen LogP contribution in [-0.2, 0) is 0 Å². The van der Waals surface area contributed by atoms with Gasteiger partial charge in [0, 0.05) is 18.7 Å². The molecular weight excluding hydrogens is 234 g/mol. The molecule has 0 aromatic heterocycles. The lowest BCUT2D eigenvalue weighted by Crippen LogP contribution is -2.29. The highest BCUT2D eigenvalue weighted by atomic mass is 35.5. The van der Waals surface area contributed by atoms with E-state index in [1.165, 1.54) is 25.7 Å². The monoisotopic (exact) mass is 251 g/mol. The van der Waals surface area contributed by atoms with E-state index in [-0.39, 0.29) is 5.84 Å². The van der Waals surface area contributed by atoms with Crippen LogP contribution in [0.4, 0.5) is 5.69 Å². The van der Waals surface area contributed by atoms with Gasteiger partial charge in [0.25, 0.3) is 0 Å². The summed E-state index contributed by atoms with van der Waals surface area (Å²) < 4.78 is 0. The van der Waals surface area contributed by atoms with Crippen molar-refractivity contribution >= 4 is 23.1 Å². The number of rotatable bonds is 3. The van der Waals surface area contributed by atoms with Crippen LogP contribution in [0.3, 0.4) is 0 Å². The summed E-state index contributed by atoms with van der Waals surface area (Å²) >= 11 is 6.25. The van der Waals surface area contributed by atoms with Crippen molar-refractivity contribution in [2.45, 2.75) is 31.7 Å². The zero-order valence-corrected chi connectivity index (χ0v) is 10.8. The van der Waals surface area contributed by atoms with Gasteiger partial charge in [-0.15, -0.1) is 0 Å². The number of hydrogen-bond acceptors (Lipinski definition) is 2. The van der Waals surface area contributed by atoms with Crippen LogP contribution in [-0.4, -0.2) is 18.9 Å². The molecule has 92 valence electrons. The van der Waals surface area contributed by atoms with Gasteiger partial charge in [0.05, 0.1) is 10.7 Å². The number of anilines is 1. The molecule has 1 fully saturated rings. The summed E-state index contributed by atoms with van der Waals surface area (Å²) in [7, 11) is 2.09. The molecule has 3 N–H and O–H groups in total. The molecular formula is C13H18ClN3. The van der Waals surface area contributed by atoms with Crippen molar-refractivity contribution in [2.75, 3.05) is 11.9 Å². The molecule has 0 unspecified atom stereocenters. The molecule has 4 heteroatoms. The quantitative estimate of drug-likeness (QED) is 0.641. The molecule has 0 spiro atoms. The molecule has 0 atom stereocenters. The van der Waals surface area contributed by atoms with Crippen molar-refractivity contribution in [1.29, 1.82) is 5.41 Å². The van der Waals surface area contributed by atoms with Crippen molar-refractivity contribution in [3.63, 3.8) is 0 Å². The summed E-state index contributed by atoms with van der Waals surface area (Å²) in [4.78, 5) is 2.25. The molecule has 0 heterocycles. The summed E-state index contributed by atoms with van der Waals surface area (Å²) in [6, 6.07) is 6.17. The van der Waals surface area contributed by atoms with Crippen LogP contribution in [0.5, 0.6) is 0 Å². The first-order valence-corrected chi connectivity index (χ1v) is 6.34. The lowest BCUT2D eigenvalue weighted by Gasteiger charge is -2.27. The van der Waals surface area contributed by atoms with Crippen molar-refractivity contribution in [1.82, 2.24) is 0 Å². The van der Waals surface area contributed by atoms with E-state index in [4.69, 9.17) is 22.7 Å². The number of nitrogens with one attached hydrogen (secondary N) is 1. The Labute approximate surface area is 107 Å². The van der Waals surface area contributed by atoms with Crippen LogP contribution in [0.2, 0.25) is 5.02 Å². The Morgan fingerprint density at radius 1 is 1.41 bits per heavy atom. The van der Waals surface area contributed by atoms with Crippen LogP contribution in [0, 0.1) is 5.41 Å². The minimum atomic E-state index is 0.0574. The fourth-order valence-corrected chi connectivity index (χ4v) is 2.76. The molecule has 1 aromatic rings. The fourth-order valence-electron chi connectivity index (χ4n) is 2.45. The highest BCUT2D eigenvalue weighted by Gasteiger charge is 2.21. The van der Waals surface area contributed by atoms with E-state index in [9.17, 15) is 0 Å². The Balaban J connectivity index is 2.23. The zero-order valence-electron chi connectivity index (χ0n) is 10.0. The van der Waals surface area contributed by atoms with E-state index in [1.54, 1.807) is 6.07 Å². The first kappa shape index (κ1) is 12.2. The summed E-state index contributed by atoms with van der Waals surface area (Å²) in [6.07, 6.45) is 5.08. The summed E-state index contributed by atoms with van der Waals surface area (Å²) in [5.74, 6) is 0.0574. The third-order valence-electron chi connectivity index (χ3n) is 3.51. The standard InChI is InChI=1S/C13H18ClN3/c1-17(10-4-2-3-5-10)12-7-6-9(13(15)16)8-11(12)14/h6-8,10H,2-5H2,1H3,(H3,15,16). The van der Waals surface area contributed by atoms with E-state index in [0.717, 1.165) is 5.69 Å². The molecule has 1 aliphatic rings. The van der Waals surface area contributed by atoms with Gasteiger partial charge >= 0.3 is 0 Å². The molecule has 1 aromatic carbocycles. The van der Waals surface area contributed by atoms with E-state index in [2.05, 4.69) is 11.9 Å². The van der Waals surface area contributed by atoms with E-state index in [1.807, 2.05) is 12.1 Å². The van der Waals surface area contributed by atoms with E-state index >= 15 is 0 Å². The molecule has 2 rings (SSSR count). The van der Waals surface area contributed by atoms with Gasteiger partial charge in [0.15, 0.2) is 0 Å². The average molecular weight is 252 g/mol. The largest absolute Gasteiger partial charge is 0.384 e. The first-order valence-electron chi connectivity index (χ1n) is 5.96. The smallest absolute Gasteiger partial charge is 0.122 e. The van der Waals surface area contributed by atoms with Crippen LogP contribution in [0.15, 0.2) is 18.2 Å². The van der Waals surface area contributed by atoms with Crippen molar-refractivity contribution in [3.05, 3.63) is 28.8 Å². The topological polar surface area (TPSA) is 53.1 Å². The number of nitrogen functional groups attached to an aromatic ring is 1. The molecule has 17 heavy (non-hydrogen) atoms. The number of nitrogens with two attached hydrogens (primary N) is 1. The number of nitrogens with zero attached hydrogens (tertiary/aromatic N) is 1. The minimum Gasteiger partial charge on any atom is -0.384 e. The van der Waals surface area contributed by atoms with Gasteiger partial charge in [-0.05, 0) is 31.0 Å². The maximum absolute atomic E-state index is 7.38. The summed E-state index contributed by atoms with van der Waals surface area (Å²) in [5, 5.41) is 8.06. The number of benzene rings is 1. The van der Waals surface area contributed by atoms with Crippen LogP contribution >= 0.6 is 11.6 Å². The van der Waals surface area contributed by atoms with Crippen molar-refractivity contribution in [2.24, 2.45) is 5.73 Å². The first-order chi connectivity index (χ1) is 8.09. The van der Waals surface area contributed by atoms with Gasteiger partial charge in [-0.1, -0.05) is 24.4 Å². The summed E-state index contributed by atoms with van der Waals surface area (Å²) in [6.45, 7) is 0. The van der Waals surface area contributed by atoms with Crippen LogP contribution in [0.25, 0.3) is 0 Å². The molecule has 1 saturated carbocycles. The Morgan fingerprint density at radius 2 is 2.06 bits per heavy atom. The fraction of sp³-hybridized carbons (Fsp3) is 0.462. The lowest BCUT2D eigenvalue weighted by atomic mass is 10.1. The predicted octanol–water partition coefficient (Wildman–Crippen LogP) is 3.00. The maximum atomic E-state index is 7.38. The van der Waals surface area contributed by atoms with Crippen LogP contribution < -0.4 is 10.6 Å². The van der Waals surface area contributed by atoms with Crippen molar-refractivity contribution in [3.8, 4) is 0 Å². The zero-order chi connectivity index (χ0) is 12.4. The van der Waals surface area contributed by atoms with E-state index in [0.29, 0.717) is 16.6 Å². The number of hydrogen-bond donors (Lipinski definition) is 2. The third kappa shape index (κ3) is 2.55. The Morgan fingerprint density at radius 3 is 2.59 bits per heavy atom. The highest BCUT2D eigenvalue weighted by molar-refractivity contribution is 6.33. The molecule has 0 bridgehead atoms. The van der Waals surface area contributed by atoms with Gasteiger partial charge in [-0.2, -0.15) is 0 Å². The Hall–Kier alpha value is -1.22. The second kappa shape index (κ2) is 4.96. The minimum absolute atomic E-state index is 0.0574. The SMILES string of the molecule is CN(c1ccc(C(=N)N)cc1Cl)C1CCCC1. The maximum Gasteiger partial charge on any atom is 0.122 e. The second-order valence-corrected chi connectivity index (χ2v) is 5.04. The normalized spacial score (nSPS) is 16.1. The van der Waals surface area contributed by atoms with Crippen LogP contribution in [0.1, 0.15) is 31.2 Å². The third-order valence-corrected chi connectivity index (χ3v) is 3.81. The molecule has 3 nitrogen and oxygen atoms in total. The van der Waals surface area contributed by atoms with Gasteiger partial charge in [-0.3, -0.25) is 5.41 Å². The molecule has 1 aliphatic carbocycles. The predicted molar refractivity (Wildman–Crippen MR) is 73.1 cm³/mol. The van der Waals surface area contributed by atoms with Crippen molar-refractivity contribution < 1.29 is 0 Å². The second-order valence-electron chi connectivity index (χ2n) is 4.63. The molecule has 0 saturated heterocycles. The summed E-state index contributed by atoms with van der Waals surface area (Å²) in [5.41, 5.74) is 7.15. The van der Waals surface area contributed by atoms with Gasteiger partial charge in [0.1, 0.15) is 5.84 Å². The number of amidine groups is 1. The molecule has 0 amide bonds. The lowest BCUT2D eigenvalue weighted by molar-refractivity contribution is 0.653. The highest BCUT2D eigenvalue weighted by Crippen LogP contribution is 2.32. The van der Waals surface area contributed by atoms with Gasteiger partial charge < -0.3 is 10.6 Å². The Kier molecular flexibility index (Phi) is 3.57. The molecule has 0 radical (unpaired) electrons.